The van der Waals surface area contributed by atoms with Gasteiger partial charge in [0.1, 0.15) is 21.2 Å². The number of piperidine rings is 1. The Balaban J connectivity index is 1.45. The molecule has 0 radical (unpaired) electrons. The number of rotatable bonds is 2. The standard InChI is InChI=1S/C34H44F3N5O4S/c1-22-25-9-8-10-28(29(25)35)34(36,37)24-11-17-41(18-12-24)15-6-4-3-5-7-16-42-30-27(31(38-22)39-40-32(30)46-2)21-26(33(42)43)23-13-19-47(44,45)20-14-23/h8-10,21-24H,3-7,11-20H2,1-2H3,(H,38,39)/t22-/m1/s1. The molecule has 0 spiro atoms. The number of benzene rings is 1. The first kappa shape index (κ1) is 33.7. The lowest BCUT2D eigenvalue weighted by molar-refractivity contribution is -0.0880. The highest BCUT2D eigenvalue weighted by Gasteiger charge is 2.45. The summed E-state index contributed by atoms with van der Waals surface area (Å²) in [6.45, 7) is 4.06. The van der Waals surface area contributed by atoms with E-state index in [0.717, 1.165) is 38.6 Å². The number of sulfone groups is 1. The second-order valence-corrected chi connectivity index (χ2v) is 15.7. The van der Waals surface area contributed by atoms with E-state index in [-0.39, 0.29) is 40.2 Å². The highest BCUT2D eigenvalue weighted by Crippen LogP contribution is 2.44. The molecule has 4 aliphatic heterocycles. The van der Waals surface area contributed by atoms with Crippen molar-refractivity contribution >= 4 is 26.6 Å². The summed E-state index contributed by atoms with van der Waals surface area (Å²) in [5.41, 5.74) is 0.193. The number of fused-ring (bicyclic) bond motifs is 9. The van der Waals surface area contributed by atoms with Crippen molar-refractivity contribution in [3.05, 3.63) is 57.1 Å². The normalized spacial score (nSPS) is 25.6. The predicted molar refractivity (Wildman–Crippen MR) is 176 cm³/mol. The molecule has 0 unspecified atom stereocenters. The first-order chi connectivity index (χ1) is 22.5. The average molecular weight is 676 g/mol. The molecule has 2 saturated heterocycles. The van der Waals surface area contributed by atoms with E-state index in [9.17, 15) is 13.2 Å². The molecule has 256 valence electrons. The van der Waals surface area contributed by atoms with Crippen LogP contribution in [0.15, 0.2) is 29.1 Å². The van der Waals surface area contributed by atoms with E-state index in [1.54, 1.807) is 17.6 Å². The van der Waals surface area contributed by atoms with Gasteiger partial charge in [-0.15, -0.1) is 10.2 Å². The van der Waals surface area contributed by atoms with Crippen LogP contribution in [-0.4, -0.2) is 66.3 Å². The van der Waals surface area contributed by atoms with Gasteiger partial charge >= 0.3 is 0 Å². The Labute approximate surface area is 273 Å². The van der Waals surface area contributed by atoms with Gasteiger partial charge in [0.25, 0.3) is 17.4 Å². The smallest absolute Gasteiger partial charge is 0.278 e. The van der Waals surface area contributed by atoms with Crippen molar-refractivity contribution in [3.63, 3.8) is 0 Å². The van der Waals surface area contributed by atoms with Crippen molar-refractivity contribution in [2.45, 2.75) is 89.1 Å². The number of anilines is 1. The molecule has 7 rings (SSSR count). The van der Waals surface area contributed by atoms with Gasteiger partial charge in [0.2, 0.25) is 0 Å². The van der Waals surface area contributed by atoms with Crippen LogP contribution in [0.4, 0.5) is 19.0 Å². The van der Waals surface area contributed by atoms with E-state index < -0.39 is 39.1 Å². The Morgan fingerprint density at radius 3 is 2.32 bits per heavy atom. The zero-order chi connectivity index (χ0) is 33.3. The fraction of sp³-hybridized carbons (Fsp3) is 0.618. The first-order valence-corrected chi connectivity index (χ1v) is 18.7. The zero-order valence-corrected chi connectivity index (χ0v) is 27.9. The van der Waals surface area contributed by atoms with Crippen LogP contribution < -0.4 is 15.6 Å². The number of hydrogen-bond donors (Lipinski definition) is 1. The number of ether oxygens (including phenoxy) is 1. The summed E-state index contributed by atoms with van der Waals surface area (Å²) < 4.78 is 79.6. The molecule has 3 aromatic rings. The Bertz CT molecular complexity index is 1760. The molecule has 0 aliphatic carbocycles. The summed E-state index contributed by atoms with van der Waals surface area (Å²) in [7, 11) is -1.71. The summed E-state index contributed by atoms with van der Waals surface area (Å²) in [5.74, 6) is -5.05. The molecular formula is C34H44F3N5O4S. The molecule has 0 saturated carbocycles. The average Bonchev–Trinajstić information content (AvgIpc) is 3.05. The van der Waals surface area contributed by atoms with Gasteiger partial charge in [-0.1, -0.05) is 37.5 Å². The fourth-order valence-corrected chi connectivity index (χ4v) is 9.04. The minimum Gasteiger partial charge on any atom is -0.478 e. The molecule has 2 fully saturated rings. The quantitative estimate of drug-likeness (QED) is 0.344. The van der Waals surface area contributed by atoms with Gasteiger partial charge in [-0.3, -0.25) is 4.79 Å². The van der Waals surface area contributed by atoms with Gasteiger partial charge in [-0.05, 0) is 77.1 Å². The highest BCUT2D eigenvalue weighted by atomic mass is 32.2. The number of methoxy groups -OCH3 is 1. The summed E-state index contributed by atoms with van der Waals surface area (Å²) in [5, 5.41) is 12.3. The number of aromatic nitrogens is 3. The largest absolute Gasteiger partial charge is 0.478 e. The number of aryl methyl sites for hydroxylation is 1. The van der Waals surface area contributed by atoms with Crippen LogP contribution in [-0.2, 0) is 22.3 Å². The minimum atomic E-state index is -3.32. The number of alkyl halides is 2. The topological polar surface area (TPSA) is 106 Å². The summed E-state index contributed by atoms with van der Waals surface area (Å²) >= 11 is 0. The van der Waals surface area contributed by atoms with Gasteiger partial charge in [-0.25, -0.2) is 21.6 Å². The predicted octanol–water partition coefficient (Wildman–Crippen LogP) is 6.17. The van der Waals surface area contributed by atoms with E-state index in [1.807, 2.05) is 0 Å². The third-order valence-electron chi connectivity index (χ3n) is 10.4. The second kappa shape index (κ2) is 13.7. The Hall–Kier alpha value is -3.19. The molecule has 6 heterocycles. The molecule has 1 N–H and O–H groups in total. The fourth-order valence-electron chi connectivity index (χ4n) is 7.55. The highest BCUT2D eigenvalue weighted by molar-refractivity contribution is 7.91. The number of hydrogen-bond acceptors (Lipinski definition) is 8. The third kappa shape index (κ3) is 6.88. The SMILES string of the molecule is COc1nnc2c3cc(C4CCS(=O)(=O)CC4)c(=O)n(c13)CCCCCCCN1CCC(CC1)C(F)(F)c1cccc(c1F)[C@@H](C)N2. The van der Waals surface area contributed by atoms with Gasteiger partial charge in [-0.2, -0.15) is 0 Å². The second-order valence-electron chi connectivity index (χ2n) is 13.4. The van der Waals surface area contributed by atoms with Gasteiger partial charge in [0, 0.05) is 29.0 Å². The van der Waals surface area contributed by atoms with Crippen molar-refractivity contribution < 1.29 is 26.3 Å². The molecule has 4 aliphatic rings. The maximum atomic E-state index is 16.1. The number of pyridine rings is 1. The van der Waals surface area contributed by atoms with Crippen LogP contribution in [0.2, 0.25) is 0 Å². The Kier molecular flexibility index (Phi) is 9.85. The van der Waals surface area contributed by atoms with Crippen LogP contribution in [0, 0.1) is 11.7 Å². The lowest BCUT2D eigenvalue weighted by Gasteiger charge is -2.36. The molecule has 1 atom stereocenters. The van der Waals surface area contributed by atoms with E-state index in [1.165, 1.54) is 25.3 Å². The van der Waals surface area contributed by atoms with Crippen molar-refractivity contribution in [1.29, 1.82) is 0 Å². The summed E-state index contributed by atoms with van der Waals surface area (Å²) in [6, 6.07) is 5.09. The van der Waals surface area contributed by atoms with Crippen molar-refractivity contribution in [1.82, 2.24) is 19.7 Å². The van der Waals surface area contributed by atoms with Crippen molar-refractivity contribution in [2.75, 3.05) is 43.6 Å². The van der Waals surface area contributed by atoms with E-state index >= 15 is 13.2 Å². The van der Waals surface area contributed by atoms with Crippen LogP contribution >= 0.6 is 0 Å². The first-order valence-electron chi connectivity index (χ1n) is 16.8. The van der Waals surface area contributed by atoms with Crippen LogP contribution in [0.3, 0.4) is 0 Å². The monoisotopic (exact) mass is 675 g/mol. The third-order valence-corrected chi connectivity index (χ3v) is 12.1. The molecule has 47 heavy (non-hydrogen) atoms. The van der Waals surface area contributed by atoms with E-state index in [0.29, 0.717) is 61.8 Å². The van der Waals surface area contributed by atoms with Gasteiger partial charge < -0.3 is 19.5 Å². The van der Waals surface area contributed by atoms with Crippen LogP contribution in [0.1, 0.15) is 93.4 Å². The summed E-state index contributed by atoms with van der Waals surface area (Å²) in [4.78, 5) is 16.4. The molecule has 1 aromatic carbocycles. The molecule has 2 aromatic heterocycles. The van der Waals surface area contributed by atoms with E-state index in [2.05, 4.69) is 20.4 Å². The van der Waals surface area contributed by atoms with Gasteiger partial charge in [0.05, 0.1) is 30.2 Å². The van der Waals surface area contributed by atoms with Crippen molar-refractivity contribution in [3.8, 4) is 5.88 Å². The molecule has 0 amide bonds. The lowest BCUT2D eigenvalue weighted by Crippen LogP contribution is -2.40. The molecule has 13 heteroatoms. The Morgan fingerprint density at radius 1 is 0.936 bits per heavy atom. The van der Waals surface area contributed by atoms with Gasteiger partial charge in [0.15, 0.2) is 5.82 Å². The Morgan fingerprint density at radius 2 is 1.62 bits per heavy atom. The maximum Gasteiger partial charge on any atom is 0.278 e. The van der Waals surface area contributed by atoms with Crippen molar-refractivity contribution in [2.24, 2.45) is 5.92 Å². The molecular weight excluding hydrogens is 631 g/mol. The number of halogens is 3. The minimum absolute atomic E-state index is 0.00768. The number of nitrogens with one attached hydrogen (secondary N) is 1. The van der Waals surface area contributed by atoms with E-state index in [4.69, 9.17) is 4.74 Å². The van der Waals surface area contributed by atoms with Crippen LogP contribution in [0.25, 0.3) is 10.9 Å². The molecule has 8 bridgehead atoms. The number of nitrogens with zero attached hydrogens (tertiary/aromatic N) is 4. The zero-order valence-electron chi connectivity index (χ0n) is 27.1. The maximum absolute atomic E-state index is 16.1. The summed E-state index contributed by atoms with van der Waals surface area (Å²) in [6.07, 6.45) is 5.83. The lowest BCUT2D eigenvalue weighted by atomic mass is 9.85. The van der Waals surface area contributed by atoms with Crippen LogP contribution in [0.5, 0.6) is 5.88 Å². The molecule has 9 nitrogen and oxygen atoms in total.